The van der Waals surface area contributed by atoms with Gasteiger partial charge in [0.15, 0.2) is 0 Å². The summed E-state index contributed by atoms with van der Waals surface area (Å²) < 4.78 is 5.14. The molecule has 5 heteroatoms. The number of hydrogen-bond acceptors (Lipinski definition) is 3. The lowest BCUT2D eigenvalue weighted by atomic mass is 10.1. The SMILES string of the molecule is CC(C)(C)OC(=O)NCc1ccc(CNC=O)cc1. The molecule has 1 aromatic carbocycles. The number of benzene rings is 1. The second kappa shape index (κ2) is 6.78. The number of nitrogens with one attached hydrogen (secondary N) is 2. The number of amides is 2. The van der Waals surface area contributed by atoms with Crippen molar-refractivity contribution < 1.29 is 14.3 Å². The number of carbonyl (C=O) groups excluding carboxylic acids is 2. The number of rotatable bonds is 5. The van der Waals surface area contributed by atoms with Crippen LogP contribution in [0.2, 0.25) is 0 Å². The highest BCUT2D eigenvalue weighted by Crippen LogP contribution is 2.07. The molecule has 0 saturated heterocycles. The quantitative estimate of drug-likeness (QED) is 0.799. The summed E-state index contributed by atoms with van der Waals surface area (Å²) in [7, 11) is 0. The standard InChI is InChI=1S/C14H20N2O3/c1-14(2,3)19-13(18)16-9-12-6-4-11(5-7-12)8-15-10-17/h4-7,10H,8-9H2,1-3H3,(H,15,17)(H,16,18). The summed E-state index contributed by atoms with van der Waals surface area (Å²) >= 11 is 0. The molecule has 0 bridgehead atoms. The molecule has 0 heterocycles. The first kappa shape index (κ1) is 15.0. The van der Waals surface area contributed by atoms with Crippen molar-refractivity contribution in [2.45, 2.75) is 39.5 Å². The van der Waals surface area contributed by atoms with E-state index in [4.69, 9.17) is 4.74 Å². The molecule has 0 radical (unpaired) electrons. The predicted molar refractivity (Wildman–Crippen MR) is 72.4 cm³/mol. The van der Waals surface area contributed by atoms with Crippen molar-refractivity contribution in [3.05, 3.63) is 35.4 Å². The van der Waals surface area contributed by atoms with Gasteiger partial charge in [-0.25, -0.2) is 4.79 Å². The largest absolute Gasteiger partial charge is 0.444 e. The Labute approximate surface area is 113 Å². The van der Waals surface area contributed by atoms with Gasteiger partial charge in [-0.05, 0) is 31.9 Å². The second-order valence-corrected chi connectivity index (χ2v) is 5.17. The van der Waals surface area contributed by atoms with Gasteiger partial charge in [0, 0.05) is 13.1 Å². The molecule has 0 atom stereocenters. The molecular formula is C14H20N2O3. The maximum Gasteiger partial charge on any atom is 0.407 e. The van der Waals surface area contributed by atoms with Crippen molar-refractivity contribution in [2.24, 2.45) is 0 Å². The van der Waals surface area contributed by atoms with Gasteiger partial charge in [0.1, 0.15) is 5.60 Å². The first-order valence-electron chi connectivity index (χ1n) is 6.12. The van der Waals surface area contributed by atoms with Crippen molar-refractivity contribution >= 4 is 12.5 Å². The van der Waals surface area contributed by atoms with E-state index in [1.807, 2.05) is 45.0 Å². The maximum absolute atomic E-state index is 11.5. The summed E-state index contributed by atoms with van der Waals surface area (Å²) in [6.07, 6.45) is 0.233. The summed E-state index contributed by atoms with van der Waals surface area (Å²) in [6, 6.07) is 7.61. The van der Waals surface area contributed by atoms with E-state index in [9.17, 15) is 9.59 Å². The van der Waals surface area contributed by atoms with Crippen molar-refractivity contribution in [3.63, 3.8) is 0 Å². The summed E-state index contributed by atoms with van der Waals surface area (Å²) in [4.78, 5) is 21.6. The molecule has 0 fully saturated rings. The molecule has 19 heavy (non-hydrogen) atoms. The highest BCUT2D eigenvalue weighted by atomic mass is 16.6. The molecule has 0 aliphatic carbocycles. The van der Waals surface area contributed by atoms with Crippen LogP contribution >= 0.6 is 0 Å². The zero-order valence-electron chi connectivity index (χ0n) is 11.5. The van der Waals surface area contributed by atoms with Gasteiger partial charge in [-0.1, -0.05) is 24.3 Å². The van der Waals surface area contributed by atoms with E-state index >= 15 is 0 Å². The number of hydrogen-bond donors (Lipinski definition) is 2. The van der Waals surface area contributed by atoms with Crippen LogP contribution in [0, 0.1) is 0 Å². The van der Waals surface area contributed by atoms with Crippen LogP contribution in [-0.4, -0.2) is 18.1 Å². The van der Waals surface area contributed by atoms with Gasteiger partial charge in [-0.15, -0.1) is 0 Å². The summed E-state index contributed by atoms with van der Waals surface area (Å²) in [5, 5.41) is 5.27. The average Bonchev–Trinajstić information content (AvgIpc) is 2.33. The summed E-state index contributed by atoms with van der Waals surface area (Å²) in [5.74, 6) is 0. The average molecular weight is 264 g/mol. The van der Waals surface area contributed by atoms with Crippen LogP contribution in [0.3, 0.4) is 0 Å². The van der Waals surface area contributed by atoms with E-state index in [1.54, 1.807) is 0 Å². The molecule has 5 nitrogen and oxygen atoms in total. The van der Waals surface area contributed by atoms with Crippen LogP contribution in [0.25, 0.3) is 0 Å². The van der Waals surface area contributed by atoms with Gasteiger partial charge in [0.25, 0.3) is 0 Å². The fraction of sp³-hybridized carbons (Fsp3) is 0.429. The van der Waals surface area contributed by atoms with E-state index in [0.29, 0.717) is 19.5 Å². The molecule has 0 unspecified atom stereocenters. The van der Waals surface area contributed by atoms with Crippen molar-refractivity contribution in [1.82, 2.24) is 10.6 Å². The highest BCUT2D eigenvalue weighted by molar-refractivity contribution is 5.67. The molecular weight excluding hydrogens is 244 g/mol. The third kappa shape index (κ3) is 6.45. The van der Waals surface area contributed by atoms with Gasteiger partial charge in [0.2, 0.25) is 6.41 Å². The maximum atomic E-state index is 11.5. The van der Waals surface area contributed by atoms with Crippen molar-refractivity contribution in [2.75, 3.05) is 0 Å². The predicted octanol–water partition coefficient (Wildman–Crippen LogP) is 1.96. The lowest BCUT2D eigenvalue weighted by molar-refractivity contribution is -0.109. The Bertz CT molecular complexity index is 421. The molecule has 0 aromatic heterocycles. The zero-order chi connectivity index (χ0) is 14.3. The molecule has 0 aliphatic heterocycles. The minimum absolute atomic E-state index is 0.413. The Morgan fingerprint density at radius 2 is 1.68 bits per heavy atom. The first-order chi connectivity index (χ1) is 8.90. The molecule has 2 amide bonds. The summed E-state index contributed by atoms with van der Waals surface area (Å²) in [5.41, 5.74) is 1.49. The Morgan fingerprint density at radius 1 is 1.16 bits per heavy atom. The van der Waals surface area contributed by atoms with E-state index in [1.165, 1.54) is 0 Å². The Morgan fingerprint density at radius 3 is 2.16 bits per heavy atom. The highest BCUT2D eigenvalue weighted by Gasteiger charge is 2.15. The topological polar surface area (TPSA) is 67.4 Å². The van der Waals surface area contributed by atoms with E-state index in [0.717, 1.165) is 11.1 Å². The smallest absolute Gasteiger partial charge is 0.407 e. The number of alkyl carbamates (subject to hydrolysis) is 1. The van der Waals surface area contributed by atoms with Crippen LogP contribution in [0.5, 0.6) is 0 Å². The Balaban J connectivity index is 2.41. The molecule has 1 rings (SSSR count). The van der Waals surface area contributed by atoms with Crippen molar-refractivity contribution in [1.29, 1.82) is 0 Å². The fourth-order valence-electron chi connectivity index (χ4n) is 1.42. The van der Waals surface area contributed by atoms with Crippen molar-refractivity contribution in [3.8, 4) is 0 Å². The molecule has 0 saturated carbocycles. The van der Waals surface area contributed by atoms with Gasteiger partial charge in [-0.3, -0.25) is 4.79 Å². The number of ether oxygens (including phenoxy) is 1. The van der Waals surface area contributed by atoms with E-state index in [2.05, 4.69) is 10.6 Å². The summed E-state index contributed by atoms with van der Waals surface area (Å²) in [6.45, 7) is 6.38. The lowest BCUT2D eigenvalue weighted by Crippen LogP contribution is -2.32. The van der Waals surface area contributed by atoms with Gasteiger partial charge >= 0.3 is 6.09 Å². The Hall–Kier alpha value is -2.04. The zero-order valence-corrected chi connectivity index (χ0v) is 11.5. The first-order valence-corrected chi connectivity index (χ1v) is 6.12. The third-order valence-electron chi connectivity index (χ3n) is 2.25. The molecule has 2 N–H and O–H groups in total. The van der Waals surface area contributed by atoms with Crippen LogP contribution in [0.1, 0.15) is 31.9 Å². The van der Waals surface area contributed by atoms with Gasteiger partial charge < -0.3 is 15.4 Å². The second-order valence-electron chi connectivity index (χ2n) is 5.17. The van der Waals surface area contributed by atoms with Gasteiger partial charge in [0.05, 0.1) is 0 Å². The molecule has 1 aromatic rings. The monoisotopic (exact) mass is 264 g/mol. The van der Waals surface area contributed by atoms with Crippen LogP contribution in [-0.2, 0) is 22.6 Å². The fourth-order valence-corrected chi connectivity index (χ4v) is 1.42. The van der Waals surface area contributed by atoms with E-state index < -0.39 is 11.7 Å². The van der Waals surface area contributed by atoms with Crippen LogP contribution in [0.15, 0.2) is 24.3 Å². The van der Waals surface area contributed by atoms with Crippen LogP contribution in [0.4, 0.5) is 4.79 Å². The molecule has 0 aliphatic rings. The van der Waals surface area contributed by atoms with E-state index in [-0.39, 0.29) is 0 Å². The minimum Gasteiger partial charge on any atom is -0.444 e. The molecule has 0 spiro atoms. The normalized spacial score (nSPS) is 10.7. The van der Waals surface area contributed by atoms with Gasteiger partial charge in [-0.2, -0.15) is 0 Å². The third-order valence-corrected chi connectivity index (χ3v) is 2.25. The minimum atomic E-state index is -0.492. The Kier molecular flexibility index (Phi) is 5.36. The lowest BCUT2D eigenvalue weighted by Gasteiger charge is -2.19. The van der Waals surface area contributed by atoms with Crippen LogP contribution < -0.4 is 10.6 Å². The molecule has 104 valence electrons. The number of carbonyl (C=O) groups is 2.